The molecule has 8 nitrogen and oxygen atoms in total. The van der Waals surface area contributed by atoms with E-state index in [1.807, 2.05) is 0 Å². The summed E-state index contributed by atoms with van der Waals surface area (Å²) in [5.74, 6) is 0.591. The second-order valence-corrected chi connectivity index (χ2v) is 7.31. The van der Waals surface area contributed by atoms with Crippen LogP contribution in [-0.4, -0.2) is 28.5 Å². The maximum absolute atomic E-state index is 12.6. The zero-order chi connectivity index (χ0) is 20.1. The molecular weight excluding hydrogens is 384 g/mol. The van der Waals surface area contributed by atoms with E-state index in [1.165, 1.54) is 50.8 Å². The van der Waals surface area contributed by atoms with Crippen LogP contribution in [0, 0.1) is 0 Å². The third-order valence-electron chi connectivity index (χ3n) is 3.82. The van der Waals surface area contributed by atoms with Crippen LogP contribution >= 0.6 is 0 Å². The van der Waals surface area contributed by atoms with Crippen molar-refractivity contribution in [2.75, 3.05) is 24.3 Å². The number of sulfonamides is 1. The molecule has 0 aliphatic rings. The zero-order valence-corrected chi connectivity index (χ0v) is 15.9. The summed E-state index contributed by atoms with van der Waals surface area (Å²) in [6.07, 6.45) is 1.39. The van der Waals surface area contributed by atoms with Crippen molar-refractivity contribution < 1.29 is 27.1 Å². The number of methoxy groups -OCH3 is 2. The molecule has 0 saturated heterocycles. The number of furan rings is 1. The highest BCUT2D eigenvalue weighted by atomic mass is 32.2. The molecule has 1 amide bonds. The number of benzene rings is 2. The van der Waals surface area contributed by atoms with Crippen LogP contribution in [0.15, 0.2) is 70.2 Å². The quantitative estimate of drug-likeness (QED) is 0.628. The fourth-order valence-electron chi connectivity index (χ4n) is 2.40. The molecule has 1 heterocycles. The maximum atomic E-state index is 12.6. The minimum Gasteiger partial charge on any atom is -0.497 e. The highest BCUT2D eigenvalue weighted by Crippen LogP contribution is 2.31. The second kappa shape index (κ2) is 8.05. The van der Waals surface area contributed by atoms with E-state index in [2.05, 4.69) is 10.0 Å². The summed E-state index contributed by atoms with van der Waals surface area (Å²) in [5, 5.41) is 2.62. The van der Waals surface area contributed by atoms with Crippen molar-refractivity contribution in [3.8, 4) is 11.5 Å². The fourth-order valence-corrected chi connectivity index (χ4v) is 3.47. The normalized spacial score (nSPS) is 10.9. The standard InChI is InChI=1S/C19H18N2O6S/c1-25-14-7-10-16(18(12-14)26-2)21-28(23,24)15-8-5-13(6-9-15)20-19(22)17-4-3-11-27-17/h3-12,21H,1-2H3,(H,20,22). The van der Waals surface area contributed by atoms with E-state index in [1.54, 1.807) is 24.3 Å². The Kier molecular flexibility index (Phi) is 5.55. The van der Waals surface area contributed by atoms with Crippen LogP contribution in [0.2, 0.25) is 0 Å². The van der Waals surface area contributed by atoms with E-state index >= 15 is 0 Å². The molecule has 3 rings (SSSR count). The average molecular weight is 402 g/mol. The highest BCUT2D eigenvalue weighted by molar-refractivity contribution is 7.92. The smallest absolute Gasteiger partial charge is 0.291 e. The van der Waals surface area contributed by atoms with Gasteiger partial charge in [0.2, 0.25) is 0 Å². The molecule has 0 aliphatic carbocycles. The van der Waals surface area contributed by atoms with Gasteiger partial charge in [-0.2, -0.15) is 0 Å². The van der Waals surface area contributed by atoms with Gasteiger partial charge in [0.15, 0.2) is 5.76 Å². The molecule has 2 N–H and O–H groups in total. The molecule has 2 aromatic carbocycles. The Morgan fingerprint density at radius 1 is 1.00 bits per heavy atom. The third-order valence-corrected chi connectivity index (χ3v) is 5.20. The maximum Gasteiger partial charge on any atom is 0.291 e. The Balaban J connectivity index is 1.76. The molecule has 9 heteroatoms. The molecule has 28 heavy (non-hydrogen) atoms. The molecule has 3 aromatic rings. The van der Waals surface area contributed by atoms with Crippen LogP contribution in [0.4, 0.5) is 11.4 Å². The van der Waals surface area contributed by atoms with E-state index in [9.17, 15) is 13.2 Å². The van der Waals surface area contributed by atoms with Gasteiger partial charge in [0.1, 0.15) is 11.5 Å². The molecule has 1 aromatic heterocycles. The van der Waals surface area contributed by atoms with Gasteiger partial charge in [0.25, 0.3) is 15.9 Å². The summed E-state index contributed by atoms with van der Waals surface area (Å²) in [6, 6.07) is 13.6. The Labute approximate surface area is 162 Å². The molecule has 0 radical (unpaired) electrons. The van der Waals surface area contributed by atoms with Crippen molar-refractivity contribution in [3.63, 3.8) is 0 Å². The van der Waals surface area contributed by atoms with Crippen molar-refractivity contribution in [2.24, 2.45) is 0 Å². The molecule has 0 unspecified atom stereocenters. The van der Waals surface area contributed by atoms with Crippen molar-refractivity contribution in [2.45, 2.75) is 4.90 Å². The van der Waals surface area contributed by atoms with Gasteiger partial charge < -0.3 is 19.2 Å². The lowest BCUT2D eigenvalue weighted by Crippen LogP contribution is -2.14. The highest BCUT2D eigenvalue weighted by Gasteiger charge is 2.17. The number of amides is 1. The average Bonchev–Trinajstić information content (AvgIpc) is 3.23. The summed E-state index contributed by atoms with van der Waals surface area (Å²) in [4.78, 5) is 12.0. The number of anilines is 2. The molecule has 0 spiro atoms. The SMILES string of the molecule is COc1ccc(NS(=O)(=O)c2ccc(NC(=O)c3ccco3)cc2)c(OC)c1. The summed E-state index contributed by atoms with van der Waals surface area (Å²) in [5.41, 5.74) is 0.709. The molecule has 0 saturated carbocycles. The van der Waals surface area contributed by atoms with Crippen molar-refractivity contribution in [3.05, 3.63) is 66.6 Å². The van der Waals surface area contributed by atoms with Crippen LogP contribution < -0.4 is 19.5 Å². The lowest BCUT2D eigenvalue weighted by molar-refractivity contribution is 0.0996. The van der Waals surface area contributed by atoms with Gasteiger partial charge in [0, 0.05) is 11.8 Å². The van der Waals surface area contributed by atoms with Gasteiger partial charge in [0.05, 0.1) is 31.1 Å². The zero-order valence-electron chi connectivity index (χ0n) is 15.1. The monoisotopic (exact) mass is 402 g/mol. The number of hydrogen-bond acceptors (Lipinski definition) is 6. The topological polar surface area (TPSA) is 107 Å². The predicted molar refractivity (Wildman–Crippen MR) is 103 cm³/mol. The molecule has 0 fully saturated rings. The van der Waals surface area contributed by atoms with E-state index in [0.717, 1.165) is 0 Å². The van der Waals surface area contributed by atoms with Gasteiger partial charge in [-0.15, -0.1) is 0 Å². The molecule has 0 bridgehead atoms. The lowest BCUT2D eigenvalue weighted by atomic mass is 10.3. The van der Waals surface area contributed by atoms with Crippen molar-refractivity contribution >= 4 is 27.3 Å². The molecule has 0 atom stereocenters. The Bertz CT molecular complexity index is 1060. The Morgan fingerprint density at radius 3 is 2.36 bits per heavy atom. The fraction of sp³-hybridized carbons (Fsp3) is 0.105. The van der Waals surface area contributed by atoms with E-state index in [4.69, 9.17) is 13.9 Å². The van der Waals surface area contributed by atoms with Crippen molar-refractivity contribution in [1.29, 1.82) is 0 Å². The Hall–Kier alpha value is -3.46. The van der Waals surface area contributed by atoms with Crippen LogP contribution in [0.5, 0.6) is 11.5 Å². The number of rotatable bonds is 7. The number of carbonyl (C=O) groups is 1. The van der Waals surface area contributed by atoms with Gasteiger partial charge in [-0.05, 0) is 48.5 Å². The van der Waals surface area contributed by atoms with E-state index in [-0.39, 0.29) is 16.3 Å². The lowest BCUT2D eigenvalue weighted by Gasteiger charge is -2.13. The summed E-state index contributed by atoms with van der Waals surface area (Å²) in [7, 11) is -0.918. The minimum atomic E-state index is -3.86. The number of nitrogens with one attached hydrogen (secondary N) is 2. The van der Waals surface area contributed by atoms with E-state index < -0.39 is 15.9 Å². The second-order valence-electron chi connectivity index (χ2n) is 5.63. The van der Waals surface area contributed by atoms with Gasteiger partial charge in [-0.3, -0.25) is 9.52 Å². The third kappa shape index (κ3) is 4.26. The number of hydrogen-bond donors (Lipinski definition) is 2. The number of ether oxygens (including phenoxy) is 2. The van der Waals surface area contributed by atoms with Crippen LogP contribution in [0.25, 0.3) is 0 Å². The predicted octanol–water partition coefficient (Wildman–Crippen LogP) is 3.35. The van der Waals surface area contributed by atoms with Crippen LogP contribution in [0.1, 0.15) is 10.6 Å². The Morgan fingerprint density at radius 2 is 1.75 bits per heavy atom. The molecular formula is C19H18N2O6S. The summed E-state index contributed by atoms with van der Waals surface area (Å²) in [6.45, 7) is 0. The summed E-state index contributed by atoms with van der Waals surface area (Å²) < 4.78 is 43.1. The first-order chi connectivity index (χ1) is 13.4. The molecule has 146 valence electrons. The van der Waals surface area contributed by atoms with Gasteiger partial charge >= 0.3 is 0 Å². The van der Waals surface area contributed by atoms with Crippen molar-refractivity contribution in [1.82, 2.24) is 0 Å². The largest absolute Gasteiger partial charge is 0.497 e. The minimum absolute atomic E-state index is 0.0290. The first-order valence-corrected chi connectivity index (χ1v) is 9.61. The van der Waals surface area contributed by atoms with Crippen LogP contribution in [0.3, 0.4) is 0 Å². The molecule has 0 aliphatic heterocycles. The van der Waals surface area contributed by atoms with E-state index in [0.29, 0.717) is 17.2 Å². The first kappa shape index (κ1) is 19.3. The summed E-state index contributed by atoms with van der Waals surface area (Å²) >= 11 is 0. The number of carbonyl (C=O) groups excluding carboxylic acids is 1. The van der Waals surface area contributed by atoms with Gasteiger partial charge in [-0.1, -0.05) is 0 Å². The van der Waals surface area contributed by atoms with Crippen LogP contribution in [-0.2, 0) is 10.0 Å². The first-order valence-electron chi connectivity index (χ1n) is 8.13. The van der Waals surface area contributed by atoms with Gasteiger partial charge in [-0.25, -0.2) is 8.42 Å².